The van der Waals surface area contributed by atoms with Gasteiger partial charge in [0.2, 0.25) is 0 Å². The van der Waals surface area contributed by atoms with Crippen LogP contribution in [0.2, 0.25) is 0 Å². The Kier molecular flexibility index (Phi) is 4.31. The van der Waals surface area contributed by atoms with Crippen molar-refractivity contribution in [1.29, 1.82) is 0 Å². The lowest BCUT2D eigenvalue weighted by Crippen LogP contribution is -2.33. The Morgan fingerprint density at radius 2 is 1.56 bits per heavy atom. The first-order valence-corrected chi connectivity index (χ1v) is 8.40. The first-order valence-electron chi connectivity index (χ1n) is 8.40. The van der Waals surface area contributed by atoms with E-state index in [-0.39, 0.29) is 5.91 Å². The van der Waals surface area contributed by atoms with Crippen molar-refractivity contribution in [3.8, 4) is 0 Å². The monoisotopic (exact) mass is 333 g/mol. The second kappa shape index (κ2) is 6.91. The highest BCUT2D eigenvalue weighted by atomic mass is 16.5. The van der Waals surface area contributed by atoms with Crippen molar-refractivity contribution in [3.05, 3.63) is 78.0 Å². The molecule has 2 aromatic carbocycles. The number of anilines is 1. The van der Waals surface area contributed by atoms with Crippen LogP contribution >= 0.6 is 0 Å². The molecule has 1 saturated heterocycles. The van der Waals surface area contributed by atoms with Gasteiger partial charge in [0.25, 0.3) is 5.91 Å². The van der Waals surface area contributed by atoms with E-state index < -0.39 is 0 Å². The lowest BCUT2D eigenvalue weighted by atomic mass is 10.0. The number of para-hydroxylation sites is 1. The molecule has 0 unspecified atom stereocenters. The summed E-state index contributed by atoms with van der Waals surface area (Å²) >= 11 is 0. The number of carbonyl (C=O) groups excluding carboxylic acids is 1. The largest absolute Gasteiger partial charge is 0.378 e. The Hall–Kier alpha value is -2.92. The standard InChI is InChI=1S/C20H19N3O2/c24-20-18(15-22-11-13-25-14-12-22)19(16-7-3-1-4-8-16)21-23(20)17-9-5-2-6-10-17/h1-10,15H,11-14H2/b18-15-. The van der Waals surface area contributed by atoms with Gasteiger partial charge in [-0.25, -0.2) is 0 Å². The molecule has 2 aliphatic heterocycles. The molecule has 5 nitrogen and oxygen atoms in total. The highest BCUT2D eigenvalue weighted by molar-refractivity contribution is 6.35. The zero-order valence-corrected chi connectivity index (χ0v) is 13.8. The fourth-order valence-corrected chi connectivity index (χ4v) is 2.97. The molecule has 1 amide bonds. The molecule has 5 heteroatoms. The van der Waals surface area contributed by atoms with E-state index >= 15 is 0 Å². The minimum atomic E-state index is -0.100. The predicted molar refractivity (Wildman–Crippen MR) is 97.4 cm³/mol. The second-order valence-electron chi connectivity index (χ2n) is 5.96. The minimum absolute atomic E-state index is 0.100. The number of benzene rings is 2. The number of amides is 1. The lowest BCUT2D eigenvalue weighted by Gasteiger charge is -2.25. The maximum atomic E-state index is 13.0. The summed E-state index contributed by atoms with van der Waals surface area (Å²) in [5, 5.41) is 6.11. The average Bonchev–Trinajstić information content (AvgIpc) is 3.01. The topological polar surface area (TPSA) is 45.1 Å². The molecule has 0 bridgehead atoms. The van der Waals surface area contributed by atoms with Gasteiger partial charge in [0.1, 0.15) is 5.71 Å². The predicted octanol–water partition coefficient (Wildman–Crippen LogP) is 2.65. The Morgan fingerprint density at radius 3 is 2.24 bits per heavy atom. The zero-order valence-electron chi connectivity index (χ0n) is 13.8. The molecule has 0 aromatic heterocycles. The van der Waals surface area contributed by atoms with Gasteiger partial charge in [-0.3, -0.25) is 4.79 Å². The molecule has 25 heavy (non-hydrogen) atoms. The summed E-state index contributed by atoms with van der Waals surface area (Å²) in [5.41, 5.74) is 3.04. The summed E-state index contributed by atoms with van der Waals surface area (Å²) in [6, 6.07) is 19.4. The minimum Gasteiger partial charge on any atom is -0.378 e. The zero-order chi connectivity index (χ0) is 17.1. The molecule has 0 spiro atoms. The molecule has 4 rings (SSSR count). The van der Waals surface area contributed by atoms with Crippen LogP contribution in [0.1, 0.15) is 5.56 Å². The molecule has 0 saturated carbocycles. The van der Waals surface area contributed by atoms with Crippen molar-refractivity contribution in [2.75, 3.05) is 31.3 Å². The number of carbonyl (C=O) groups is 1. The molecule has 2 aliphatic rings. The first kappa shape index (κ1) is 15.6. The molecule has 1 fully saturated rings. The van der Waals surface area contributed by atoms with Crippen LogP contribution in [0.25, 0.3) is 0 Å². The smallest absolute Gasteiger partial charge is 0.282 e. The summed E-state index contributed by atoms with van der Waals surface area (Å²) in [7, 11) is 0. The van der Waals surface area contributed by atoms with Crippen molar-refractivity contribution < 1.29 is 9.53 Å². The van der Waals surface area contributed by atoms with Crippen LogP contribution in [-0.2, 0) is 9.53 Å². The molecule has 126 valence electrons. The molecular formula is C20H19N3O2. The third kappa shape index (κ3) is 3.19. The Morgan fingerprint density at radius 1 is 0.920 bits per heavy atom. The molecule has 0 aliphatic carbocycles. The van der Waals surface area contributed by atoms with Gasteiger partial charge in [0, 0.05) is 24.9 Å². The Labute approximate surface area is 146 Å². The van der Waals surface area contributed by atoms with E-state index in [4.69, 9.17) is 4.74 Å². The summed E-state index contributed by atoms with van der Waals surface area (Å²) in [6.07, 6.45) is 1.93. The number of hydrogen-bond donors (Lipinski definition) is 0. The molecule has 0 N–H and O–H groups in total. The number of hydrogen-bond acceptors (Lipinski definition) is 4. The van der Waals surface area contributed by atoms with E-state index in [0.717, 1.165) is 24.3 Å². The van der Waals surface area contributed by atoms with E-state index in [1.54, 1.807) is 0 Å². The van der Waals surface area contributed by atoms with Crippen LogP contribution in [0, 0.1) is 0 Å². The number of ether oxygens (including phenoxy) is 1. The summed E-state index contributed by atoms with van der Waals surface area (Å²) in [5.74, 6) is -0.100. The number of morpholine rings is 1. The molecule has 2 aromatic rings. The third-order valence-electron chi connectivity index (χ3n) is 4.28. The normalized spacial score (nSPS) is 19.4. The van der Waals surface area contributed by atoms with E-state index in [1.165, 1.54) is 5.01 Å². The van der Waals surface area contributed by atoms with Gasteiger partial charge in [-0.2, -0.15) is 10.1 Å². The number of nitrogens with zero attached hydrogens (tertiary/aromatic N) is 3. The fourth-order valence-electron chi connectivity index (χ4n) is 2.97. The maximum Gasteiger partial charge on any atom is 0.282 e. The highest BCUT2D eigenvalue weighted by Gasteiger charge is 2.32. The van der Waals surface area contributed by atoms with Crippen molar-refractivity contribution >= 4 is 17.3 Å². The van der Waals surface area contributed by atoms with Crippen LogP contribution in [0.3, 0.4) is 0 Å². The maximum absolute atomic E-state index is 13.0. The Bertz CT molecular complexity index is 809. The van der Waals surface area contributed by atoms with Crippen molar-refractivity contribution in [2.45, 2.75) is 0 Å². The second-order valence-corrected chi connectivity index (χ2v) is 5.96. The van der Waals surface area contributed by atoms with Gasteiger partial charge in [-0.1, -0.05) is 48.5 Å². The van der Waals surface area contributed by atoms with Crippen molar-refractivity contribution in [3.63, 3.8) is 0 Å². The molecule has 0 atom stereocenters. The lowest BCUT2D eigenvalue weighted by molar-refractivity contribution is -0.114. The summed E-state index contributed by atoms with van der Waals surface area (Å²) in [6.45, 7) is 2.92. The van der Waals surface area contributed by atoms with Gasteiger partial charge >= 0.3 is 0 Å². The van der Waals surface area contributed by atoms with Crippen LogP contribution < -0.4 is 5.01 Å². The third-order valence-corrected chi connectivity index (χ3v) is 4.28. The molecule has 2 heterocycles. The van der Waals surface area contributed by atoms with Crippen molar-refractivity contribution in [2.24, 2.45) is 5.10 Å². The summed E-state index contributed by atoms with van der Waals surface area (Å²) < 4.78 is 5.40. The quantitative estimate of drug-likeness (QED) is 0.811. The average molecular weight is 333 g/mol. The molecule has 0 radical (unpaired) electrons. The fraction of sp³-hybridized carbons (Fsp3) is 0.200. The highest BCUT2D eigenvalue weighted by Crippen LogP contribution is 2.26. The number of hydrazone groups is 1. The van der Waals surface area contributed by atoms with Gasteiger partial charge < -0.3 is 9.64 Å². The van der Waals surface area contributed by atoms with Gasteiger partial charge in [-0.05, 0) is 12.1 Å². The van der Waals surface area contributed by atoms with Gasteiger partial charge in [0.05, 0.1) is 24.5 Å². The SMILES string of the molecule is O=C1/C(=C\N2CCOCC2)C(c2ccccc2)=NN1c1ccccc1. The van der Waals surface area contributed by atoms with Crippen LogP contribution in [-0.4, -0.2) is 42.8 Å². The summed E-state index contributed by atoms with van der Waals surface area (Å²) in [4.78, 5) is 15.2. The van der Waals surface area contributed by atoms with Crippen molar-refractivity contribution in [1.82, 2.24) is 4.90 Å². The van der Waals surface area contributed by atoms with E-state index in [2.05, 4.69) is 10.0 Å². The molecular weight excluding hydrogens is 314 g/mol. The van der Waals surface area contributed by atoms with Crippen LogP contribution in [0.5, 0.6) is 0 Å². The Balaban J connectivity index is 1.74. The van der Waals surface area contributed by atoms with E-state index in [1.807, 2.05) is 66.9 Å². The van der Waals surface area contributed by atoms with Crippen LogP contribution in [0.15, 0.2) is 77.5 Å². The van der Waals surface area contributed by atoms with E-state index in [0.29, 0.717) is 24.5 Å². The number of rotatable bonds is 3. The van der Waals surface area contributed by atoms with E-state index in [9.17, 15) is 4.79 Å². The van der Waals surface area contributed by atoms with Gasteiger partial charge in [0.15, 0.2) is 0 Å². The van der Waals surface area contributed by atoms with Gasteiger partial charge in [-0.15, -0.1) is 0 Å². The first-order chi connectivity index (χ1) is 12.3. The van der Waals surface area contributed by atoms with Crippen LogP contribution in [0.4, 0.5) is 5.69 Å².